The van der Waals surface area contributed by atoms with Gasteiger partial charge in [0.05, 0.1) is 20.1 Å². The molecule has 3 aromatic carbocycles. The van der Waals surface area contributed by atoms with E-state index in [0.717, 1.165) is 45.6 Å². The average Bonchev–Trinajstić information content (AvgIpc) is 3.48. The van der Waals surface area contributed by atoms with E-state index >= 15 is 4.39 Å². The van der Waals surface area contributed by atoms with E-state index in [9.17, 15) is 4.79 Å². The fourth-order valence-corrected chi connectivity index (χ4v) is 6.84. The molecule has 1 aliphatic carbocycles. The van der Waals surface area contributed by atoms with E-state index in [1.165, 1.54) is 7.11 Å². The molecule has 0 aromatic heterocycles. The molecule has 218 valence electrons. The summed E-state index contributed by atoms with van der Waals surface area (Å²) in [5, 5.41) is 0.107. The molecular weight excluding hydrogens is 535 g/mol. The first-order chi connectivity index (χ1) is 19.3. The Labute approximate surface area is 244 Å². The zero-order chi connectivity index (χ0) is 29.7. The molecule has 2 aliphatic rings. The monoisotopic (exact) mass is 576 g/mol. The van der Waals surface area contributed by atoms with E-state index in [1.807, 2.05) is 24.3 Å². The van der Waals surface area contributed by atoms with Gasteiger partial charge in [-0.05, 0) is 96.9 Å². The second-order valence-corrected chi connectivity index (χ2v) is 17.6. The minimum Gasteiger partial charge on any atom is -0.543 e. The summed E-state index contributed by atoms with van der Waals surface area (Å²) in [6.07, 6.45) is 1.31. The smallest absolute Gasteiger partial charge is 0.306 e. The van der Waals surface area contributed by atoms with Crippen molar-refractivity contribution in [3.05, 3.63) is 76.1 Å². The molecule has 3 aromatic rings. The predicted octanol–water partition coefficient (Wildman–Crippen LogP) is 8.60. The van der Waals surface area contributed by atoms with E-state index in [1.54, 1.807) is 6.07 Å². The van der Waals surface area contributed by atoms with Crippen LogP contribution in [0, 0.1) is 19.7 Å². The average molecular weight is 577 g/mol. The van der Waals surface area contributed by atoms with Gasteiger partial charge < -0.3 is 18.6 Å². The Balaban J connectivity index is 1.41. The van der Waals surface area contributed by atoms with Crippen LogP contribution in [0.5, 0.6) is 17.2 Å². The van der Waals surface area contributed by atoms with E-state index in [-0.39, 0.29) is 29.2 Å². The van der Waals surface area contributed by atoms with Gasteiger partial charge in [-0.3, -0.25) is 4.79 Å². The van der Waals surface area contributed by atoms with E-state index in [0.29, 0.717) is 30.1 Å². The minimum absolute atomic E-state index is 0.0381. The predicted molar refractivity (Wildman–Crippen MR) is 162 cm³/mol. The van der Waals surface area contributed by atoms with Crippen LogP contribution in [0.25, 0.3) is 11.1 Å². The van der Waals surface area contributed by atoms with Gasteiger partial charge in [0, 0.05) is 23.1 Å². The third-order valence-electron chi connectivity index (χ3n) is 9.02. The van der Waals surface area contributed by atoms with Crippen molar-refractivity contribution in [3.63, 3.8) is 0 Å². The summed E-state index contributed by atoms with van der Waals surface area (Å²) in [7, 11) is -0.583. The van der Waals surface area contributed by atoms with Crippen molar-refractivity contribution in [3.8, 4) is 28.4 Å². The molecule has 1 heterocycles. The minimum atomic E-state index is -1.97. The van der Waals surface area contributed by atoms with Crippen LogP contribution in [0.1, 0.15) is 73.5 Å². The Morgan fingerprint density at radius 1 is 1.05 bits per heavy atom. The summed E-state index contributed by atoms with van der Waals surface area (Å²) < 4.78 is 39.0. The van der Waals surface area contributed by atoms with Crippen molar-refractivity contribution in [2.45, 2.75) is 84.0 Å². The fourth-order valence-electron chi connectivity index (χ4n) is 5.83. The Kier molecular flexibility index (Phi) is 7.70. The molecule has 0 fully saturated rings. The zero-order valence-electron chi connectivity index (χ0n) is 25.4. The molecule has 0 N–H and O–H groups in total. The highest BCUT2D eigenvalue weighted by Gasteiger charge is 2.39. The number of rotatable bonds is 7. The van der Waals surface area contributed by atoms with Gasteiger partial charge in [0.15, 0.2) is 0 Å². The third-order valence-corrected chi connectivity index (χ3v) is 13.4. The molecule has 7 heteroatoms. The number of ether oxygens (including phenoxy) is 3. The Bertz CT molecular complexity index is 1470. The quantitative estimate of drug-likeness (QED) is 0.208. The number of fused-ring (bicyclic) bond motifs is 2. The number of hydrogen-bond acceptors (Lipinski definition) is 5. The molecule has 0 bridgehead atoms. The van der Waals surface area contributed by atoms with E-state index in [2.05, 4.69) is 59.8 Å². The lowest BCUT2D eigenvalue weighted by Gasteiger charge is -2.36. The van der Waals surface area contributed by atoms with Crippen molar-refractivity contribution in [2.24, 2.45) is 0 Å². The standard InChI is InChI=1S/C34H41FO5Si/c1-20-15-24(40-41(7,8)34(3,4)5)16-21(2)32(20)26-11-13-28(35)33-27(26)12-14-29(33)39-23-9-10-25-22(17-31(36)37-6)19-38-30(25)18-23/h9-11,13,15-16,18,22,29H,12,14,17,19H2,1-8H3/t22?,29-/m1/s1. The summed E-state index contributed by atoms with van der Waals surface area (Å²) in [6.45, 7) is 15.9. The number of esters is 1. The Hall–Kier alpha value is -3.32. The molecule has 5 rings (SSSR count). The molecule has 0 amide bonds. The number of carbonyl (C=O) groups excluding carboxylic acids is 1. The summed E-state index contributed by atoms with van der Waals surface area (Å²) in [5.41, 5.74) is 7.04. The highest BCUT2D eigenvalue weighted by molar-refractivity contribution is 6.74. The van der Waals surface area contributed by atoms with Crippen molar-refractivity contribution in [1.82, 2.24) is 0 Å². The molecule has 0 saturated carbocycles. The van der Waals surface area contributed by atoms with Crippen molar-refractivity contribution in [1.29, 1.82) is 0 Å². The molecule has 0 saturated heterocycles. The highest BCUT2D eigenvalue weighted by Crippen LogP contribution is 2.46. The second kappa shape index (κ2) is 10.8. The SMILES string of the molecule is COC(=O)CC1COc2cc(O[C@@H]3CCc4c(-c5c(C)cc(O[Si](C)(C)C(C)(C)C)cc5C)ccc(F)c43)ccc21. The number of halogens is 1. The first-order valence-electron chi connectivity index (χ1n) is 14.4. The normalized spacial score (nSPS) is 18.0. The molecule has 0 spiro atoms. The lowest BCUT2D eigenvalue weighted by atomic mass is 9.90. The molecule has 41 heavy (non-hydrogen) atoms. The van der Waals surface area contributed by atoms with Gasteiger partial charge >= 0.3 is 5.97 Å². The number of methoxy groups -OCH3 is 1. The van der Waals surface area contributed by atoms with Crippen LogP contribution in [0.4, 0.5) is 4.39 Å². The number of carbonyl (C=O) groups is 1. The summed E-state index contributed by atoms with van der Waals surface area (Å²) in [5.74, 6) is 1.70. The fraction of sp³-hybridized carbons (Fsp3) is 0.441. The van der Waals surface area contributed by atoms with Crippen LogP contribution in [0.3, 0.4) is 0 Å². The van der Waals surface area contributed by atoms with Crippen molar-refractivity contribution >= 4 is 14.3 Å². The summed E-state index contributed by atoms with van der Waals surface area (Å²) in [6, 6.07) is 13.4. The molecule has 1 unspecified atom stereocenters. The van der Waals surface area contributed by atoms with Crippen LogP contribution in [0.15, 0.2) is 42.5 Å². The largest absolute Gasteiger partial charge is 0.543 e. The first kappa shape index (κ1) is 29.2. The number of benzene rings is 3. The van der Waals surface area contributed by atoms with Gasteiger partial charge in [0.2, 0.25) is 8.32 Å². The topological polar surface area (TPSA) is 54.0 Å². The van der Waals surface area contributed by atoms with Gasteiger partial charge in [0.1, 0.15) is 29.2 Å². The van der Waals surface area contributed by atoms with Crippen LogP contribution < -0.4 is 13.9 Å². The third kappa shape index (κ3) is 5.61. The molecule has 1 aliphatic heterocycles. The van der Waals surface area contributed by atoms with Gasteiger partial charge in [-0.15, -0.1) is 0 Å². The Morgan fingerprint density at radius 3 is 2.41 bits per heavy atom. The van der Waals surface area contributed by atoms with Gasteiger partial charge in [-0.25, -0.2) is 4.39 Å². The lowest BCUT2D eigenvalue weighted by Crippen LogP contribution is -2.43. The highest BCUT2D eigenvalue weighted by atomic mass is 28.4. The number of hydrogen-bond donors (Lipinski definition) is 0. The van der Waals surface area contributed by atoms with Crippen LogP contribution >= 0.6 is 0 Å². The summed E-state index contributed by atoms with van der Waals surface area (Å²) >= 11 is 0. The van der Waals surface area contributed by atoms with Gasteiger partial charge in [0.25, 0.3) is 0 Å². The van der Waals surface area contributed by atoms with E-state index < -0.39 is 14.4 Å². The molecule has 2 atom stereocenters. The molecule has 0 radical (unpaired) electrons. The molecule has 5 nitrogen and oxygen atoms in total. The van der Waals surface area contributed by atoms with Crippen LogP contribution in [-0.2, 0) is 16.0 Å². The second-order valence-electron chi connectivity index (χ2n) is 12.9. The van der Waals surface area contributed by atoms with E-state index in [4.69, 9.17) is 18.6 Å². The zero-order valence-corrected chi connectivity index (χ0v) is 26.4. The van der Waals surface area contributed by atoms with Crippen LogP contribution in [0.2, 0.25) is 18.1 Å². The van der Waals surface area contributed by atoms with Crippen molar-refractivity contribution < 1.29 is 27.8 Å². The number of aryl methyl sites for hydroxylation is 2. The molecular formula is C34H41FO5Si. The van der Waals surface area contributed by atoms with Gasteiger partial charge in [-0.2, -0.15) is 0 Å². The van der Waals surface area contributed by atoms with Crippen LogP contribution in [-0.4, -0.2) is 28.0 Å². The lowest BCUT2D eigenvalue weighted by molar-refractivity contribution is -0.141. The maximum absolute atomic E-state index is 15.4. The maximum Gasteiger partial charge on any atom is 0.306 e. The first-order valence-corrected chi connectivity index (χ1v) is 17.3. The maximum atomic E-state index is 15.4. The Morgan fingerprint density at radius 2 is 1.76 bits per heavy atom. The summed E-state index contributed by atoms with van der Waals surface area (Å²) in [4.78, 5) is 11.8. The van der Waals surface area contributed by atoms with Gasteiger partial charge in [-0.1, -0.05) is 32.9 Å². The van der Waals surface area contributed by atoms with Crippen molar-refractivity contribution in [2.75, 3.05) is 13.7 Å².